The fourth-order valence-corrected chi connectivity index (χ4v) is 4.59. The van der Waals surface area contributed by atoms with Crippen molar-refractivity contribution in [2.45, 2.75) is 77.7 Å². The summed E-state index contributed by atoms with van der Waals surface area (Å²) in [6.45, 7) is 6.10. The number of ether oxygens (including phenoxy) is 3. The zero-order valence-corrected chi connectivity index (χ0v) is 17.9. The molecule has 6 nitrogen and oxygen atoms in total. The third kappa shape index (κ3) is 6.37. The molecule has 156 valence electrons. The van der Waals surface area contributed by atoms with Crippen molar-refractivity contribution in [3.8, 4) is 0 Å². The van der Waals surface area contributed by atoms with Crippen molar-refractivity contribution in [3.05, 3.63) is 17.3 Å². The fourth-order valence-electron chi connectivity index (χ4n) is 3.66. The Kier molecular flexibility index (Phi) is 8.92. The van der Waals surface area contributed by atoms with Gasteiger partial charge in [-0.2, -0.15) is 0 Å². The van der Waals surface area contributed by atoms with Gasteiger partial charge < -0.3 is 19.5 Å². The quantitative estimate of drug-likeness (QED) is 0.551. The van der Waals surface area contributed by atoms with E-state index in [1.165, 1.54) is 44.9 Å². The lowest BCUT2D eigenvalue weighted by molar-refractivity contribution is -0.169. The van der Waals surface area contributed by atoms with E-state index in [-0.39, 0.29) is 6.29 Å². The SMILES string of the molecule is CCOC(COCc1cc2c(NC3CCCCCCC3)ncnc2s1)OCC. The predicted molar refractivity (Wildman–Crippen MR) is 114 cm³/mol. The van der Waals surface area contributed by atoms with Crippen LogP contribution in [0.1, 0.15) is 63.7 Å². The van der Waals surface area contributed by atoms with Gasteiger partial charge in [0.2, 0.25) is 0 Å². The van der Waals surface area contributed by atoms with E-state index in [1.807, 2.05) is 13.8 Å². The van der Waals surface area contributed by atoms with Gasteiger partial charge in [-0.05, 0) is 32.8 Å². The molecular formula is C21H33N3O3S. The Morgan fingerprint density at radius 3 is 2.50 bits per heavy atom. The van der Waals surface area contributed by atoms with Crippen molar-refractivity contribution in [1.82, 2.24) is 9.97 Å². The third-order valence-corrected chi connectivity index (χ3v) is 6.05. The average Bonchev–Trinajstić information content (AvgIpc) is 3.08. The molecule has 0 spiro atoms. The van der Waals surface area contributed by atoms with E-state index in [0.717, 1.165) is 20.9 Å². The van der Waals surface area contributed by atoms with E-state index in [9.17, 15) is 0 Å². The summed E-state index contributed by atoms with van der Waals surface area (Å²) < 4.78 is 16.9. The molecule has 0 amide bonds. The molecule has 0 aromatic carbocycles. The summed E-state index contributed by atoms with van der Waals surface area (Å²) in [5, 5.41) is 4.78. The van der Waals surface area contributed by atoms with Gasteiger partial charge >= 0.3 is 0 Å². The van der Waals surface area contributed by atoms with Gasteiger partial charge in [-0.25, -0.2) is 9.97 Å². The summed E-state index contributed by atoms with van der Waals surface area (Å²) in [6.07, 6.45) is 10.5. The first-order chi connectivity index (χ1) is 13.8. The number of fused-ring (bicyclic) bond motifs is 1. The molecule has 0 unspecified atom stereocenters. The Morgan fingerprint density at radius 1 is 1.07 bits per heavy atom. The molecule has 2 heterocycles. The van der Waals surface area contributed by atoms with Gasteiger partial charge in [0.05, 0.1) is 18.6 Å². The lowest BCUT2D eigenvalue weighted by Gasteiger charge is -2.21. The molecule has 0 aliphatic heterocycles. The van der Waals surface area contributed by atoms with Gasteiger partial charge in [0.25, 0.3) is 0 Å². The minimum atomic E-state index is -0.305. The second-order valence-corrected chi connectivity index (χ2v) is 8.31. The lowest BCUT2D eigenvalue weighted by Crippen LogP contribution is -2.23. The first kappa shape index (κ1) is 21.4. The largest absolute Gasteiger partial charge is 0.371 e. The van der Waals surface area contributed by atoms with Gasteiger partial charge in [-0.15, -0.1) is 11.3 Å². The van der Waals surface area contributed by atoms with Crippen molar-refractivity contribution >= 4 is 27.4 Å². The van der Waals surface area contributed by atoms with Crippen molar-refractivity contribution in [2.75, 3.05) is 25.1 Å². The van der Waals surface area contributed by atoms with Gasteiger partial charge in [0.15, 0.2) is 6.29 Å². The molecule has 0 atom stereocenters. The summed E-state index contributed by atoms with van der Waals surface area (Å²) in [5.41, 5.74) is 0. The molecule has 2 aromatic heterocycles. The molecule has 1 fully saturated rings. The van der Waals surface area contributed by atoms with Gasteiger partial charge in [-0.3, -0.25) is 0 Å². The highest BCUT2D eigenvalue weighted by atomic mass is 32.1. The van der Waals surface area contributed by atoms with Crippen LogP contribution in [0.15, 0.2) is 12.4 Å². The van der Waals surface area contributed by atoms with E-state index >= 15 is 0 Å². The Labute approximate surface area is 172 Å². The summed E-state index contributed by atoms with van der Waals surface area (Å²) in [5.74, 6) is 0.958. The fraction of sp³-hybridized carbons (Fsp3) is 0.714. The van der Waals surface area contributed by atoms with E-state index in [2.05, 4.69) is 21.4 Å². The summed E-state index contributed by atoms with van der Waals surface area (Å²) in [4.78, 5) is 11.1. The number of rotatable bonds is 10. The molecule has 1 saturated carbocycles. The smallest absolute Gasteiger partial charge is 0.180 e. The van der Waals surface area contributed by atoms with Crippen molar-refractivity contribution < 1.29 is 14.2 Å². The molecule has 1 N–H and O–H groups in total. The van der Waals surface area contributed by atoms with Crippen LogP contribution in [0.5, 0.6) is 0 Å². The van der Waals surface area contributed by atoms with E-state index in [4.69, 9.17) is 14.2 Å². The van der Waals surface area contributed by atoms with E-state index < -0.39 is 0 Å². The van der Waals surface area contributed by atoms with Crippen LogP contribution in [-0.4, -0.2) is 42.1 Å². The van der Waals surface area contributed by atoms with Crippen LogP contribution >= 0.6 is 11.3 Å². The monoisotopic (exact) mass is 407 g/mol. The van der Waals surface area contributed by atoms with Crippen LogP contribution in [0.4, 0.5) is 5.82 Å². The number of aromatic nitrogens is 2. The number of thiophene rings is 1. The Bertz CT molecular complexity index is 695. The number of nitrogens with one attached hydrogen (secondary N) is 1. The number of anilines is 1. The van der Waals surface area contributed by atoms with Crippen LogP contribution < -0.4 is 5.32 Å². The van der Waals surface area contributed by atoms with Crippen LogP contribution in [0.3, 0.4) is 0 Å². The zero-order chi connectivity index (χ0) is 19.6. The van der Waals surface area contributed by atoms with Crippen LogP contribution in [-0.2, 0) is 20.8 Å². The van der Waals surface area contributed by atoms with E-state index in [0.29, 0.717) is 32.5 Å². The Morgan fingerprint density at radius 2 is 1.79 bits per heavy atom. The van der Waals surface area contributed by atoms with Crippen molar-refractivity contribution in [2.24, 2.45) is 0 Å². The number of nitrogens with zero attached hydrogens (tertiary/aromatic N) is 2. The van der Waals surface area contributed by atoms with Crippen LogP contribution in [0.2, 0.25) is 0 Å². The van der Waals surface area contributed by atoms with Gasteiger partial charge in [0, 0.05) is 24.1 Å². The topological polar surface area (TPSA) is 65.5 Å². The molecule has 3 rings (SSSR count). The normalized spacial score (nSPS) is 16.4. The Balaban J connectivity index is 1.60. The highest BCUT2D eigenvalue weighted by Gasteiger charge is 2.15. The first-order valence-corrected chi connectivity index (χ1v) is 11.4. The van der Waals surface area contributed by atoms with Crippen LogP contribution in [0.25, 0.3) is 10.2 Å². The second-order valence-electron chi connectivity index (χ2n) is 7.20. The maximum atomic E-state index is 5.83. The minimum Gasteiger partial charge on any atom is -0.371 e. The van der Waals surface area contributed by atoms with E-state index in [1.54, 1.807) is 17.7 Å². The average molecular weight is 408 g/mol. The summed E-state index contributed by atoms with van der Waals surface area (Å²) >= 11 is 1.66. The molecule has 1 aliphatic rings. The number of hydrogen-bond acceptors (Lipinski definition) is 7. The molecule has 1 aliphatic carbocycles. The lowest BCUT2D eigenvalue weighted by atomic mass is 9.97. The zero-order valence-electron chi connectivity index (χ0n) is 17.1. The second kappa shape index (κ2) is 11.7. The maximum Gasteiger partial charge on any atom is 0.180 e. The van der Waals surface area contributed by atoms with Crippen molar-refractivity contribution in [1.29, 1.82) is 0 Å². The highest BCUT2D eigenvalue weighted by molar-refractivity contribution is 7.18. The molecule has 0 radical (unpaired) electrons. The molecular weight excluding hydrogens is 374 g/mol. The molecule has 2 aromatic rings. The van der Waals surface area contributed by atoms with Gasteiger partial charge in [-0.1, -0.05) is 32.1 Å². The Hall–Kier alpha value is -1.28. The molecule has 7 heteroatoms. The standard InChI is InChI=1S/C21H33N3O3S/c1-3-26-19(27-4-2)14-25-13-17-12-18-20(22-15-23-21(18)28-17)24-16-10-8-6-5-7-9-11-16/h12,15-16,19H,3-11,13-14H2,1-2H3,(H,22,23,24). The highest BCUT2D eigenvalue weighted by Crippen LogP contribution is 2.30. The van der Waals surface area contributed by atoms with Crippen molar-refractivity contribution in [3.63, 3.8) is 0 Å². The van der Waals surface area contributed by atoms with Gasteiger partial charge in [0.1, 0.15) is 17.0 Å². The number of hydrogen-bond donors (Lipinski definition) is 1. The summed E-state index contributed by atoms with van der Waals surface area (Å²) in [7, 11) is 0. The molecule has 0 bridgehead atoms. The van der Waals surface area contributed by atoms with Crippen LogP contribution in [0, 0.1) is 0 Å². The maximum absolute atomic E-state index is 5.83. The molecule has 28 heavy (non-hydrogen) atoms. The first-order valence-electron chi connectivity index (χ1n) is 10.6. The molecule has 0 saturated heterocycles. The predicted octanol–water partition coefficient (Wildman–Crippen LogP) is 5.13. The third-order valence-electron chi connectivity index (χ3n) is 5.03. The minimum absolute atomic E-state index is 0.305. The summed E-state index contributed by atoms with van der Waals surface area (Å²) in [6, 6.07) is 2.66.